The summed E-state index contributed by atoms with van der Waals surface area (Å²) in [4.78, 5) is 20.4. The molecule has 1 aliphatic rings. The second-order valence-electron chi connectivity index (χ2n) is 10.6. The number of amides is 1. The van der Waals surface area contributed by atoms with Crippen LogP contribution in [0, 0.1) is 0 Å². The molecule has 2 N–H and O–H groups in total. The van der Waals surface area contributed by atoms with Gasteiger partial charge in [0.1, 0.15) is 11.8 Å². The predicted octanol–water partition coefficient (Wildman–Crippen LogP) is 5.49. The number of rotatable bonds is 7. The Kier molecular flexibility index (Phi) is 6.85. The number of anilines is 1. The lowest BCUT2D eigenvalue weighted by molar-refractivity contribution is -0.124. The number of nitrogens with one attached hydrogen (secondary N) is 1. The zero-order valence-electron chi connectivity index (χ0n) is 21.5. The summed E-state index contributed by atoms with van der Waals surface area (Å²) in [6, 6.07) is 22.5. The van der Waals surface area contributed by atoms with Crippen LogP contribution in [0.15, 0.2) is 95.9 Å². The number of nitrogens with zero attached hydrogens (tertiary/aromatic N) is 2. The van der Waals surface area contributed by atoms with Gasteiger partial charge in [0, 0.05) is 30.1 Å². The fraction of sp³-hybridized carbons (Fsp3) is 0.290. The number of carbonyl (C=O) groups is 1. The molecule has 3 atom stereocenters. The molecular formula is C31H33N3O3. The monoisotopic (exact) mass is 495 g/mol. The number of pyridine rings is 1. The van der Waals surface area contributed by atoms with E-state index in [1.54, 1.807) is 18.7 Å². The summed E-state index contributed by atoms with van der Waals surface area (Å²) in [5.74, 6) is 0.535. The van der Waals surface area contributed by atoms with E-state index in [-0.39, 0.29) is 11.3 Å². The largest absolute Gasteiger partial charge is 0.467 e. The van der Waals surface area contributed by atoms with Gasteiger partial charge in [0.05, 0.1) is 25.0 Å². The summed E-state index contributed by atoms with van der Waals surface area (Å²) in [6.07, 6.45) is 4.90. The van der Waals surface area contributed by atoms with Gasteiger partial charge in [-0.2, -0.15) is 0 Å². The number of benzene rings is 2. The van der Waals surface area contributed by atoms with Gasteiger partial charge in [-0.1, -0.05) is 63.2 Å². The Bertz CT molecular complexity index is 1330. The number of carbonyl (C=O) groups excluding carboxylic acids is 1. The molecule has 1 amide bonds. The SMILES string of the molecule is CC(C)(C)c1ccc(N(Cc2ccco2)C(C(=O)N[C@@H]2c3ccccc3C[C@@H]2O)c2cccnc2)cc1. The average molecular weight is 496 g/mol. The molecule has 2 aromatic heterocycles. The van der Waals surface area contributed by atoms with Crippen molar-refractivity contribution < 1.29 is 14.3 Å². The van der Waals surface area contributed by atoms with Gasteiger partial charge in [0.2, 0.25) is 5.91 Å². The van der Waals surface area contributed by atoms with Crippen molar-refractivity contribution in [2.45, 2.75) is 57.3 Å². The van der Waals surface area contributed by atoms with E-state index in [0.29, 0.717) is 13.0 Å². The number of hydrogen-bond acceptors (Lipinski definition) is 5. The molecule has 0 aliphatic heterocycles. The average Bonchev–Trinajstić information content (AvgIpc) is 3.51. The molecule has 0 fully saturated rings. The van der Waals surface area contributed by atoms with Crippen molar-refractivity contribution in [2.75, 3.05) is 4.90 Å². The van der Waals surface area contributed by atoms with Crippen LogP contribution in [-0.4, -0.2) is 22.1 Å². The normalized spacial score (nSPS) is 17.7. The van der Waals surface area contributed by atoms with Crippen molar-refractivity contribution >= 4 is 11.6 Å². The van der Waals surface area contributed by atoms with E-state index in [0.717, 1.165) is 28.1 Å². The highest BCUT2D eigenvalue weighted by Crippen LogP contribution is 2.35. The Morgan fingerprint density at radius 3 is 2.54 bits per heavy atom. The molecule has 37 heavy (non-hydrogen) atoms. The van der Waals surface area contributed by atoms with E-state index in [1.165, 1.54) is 5.56 Å². The molecule has 0 saturated carbocycles. The number of aliphatic hydroxyl groups is 1. The molecule has 1 unspecified atom stereocenters. The third-order valence-electron chi connectivity index (χ3n) is 7.03. The maximum Gasteiger partial charge on any atom is 0.248 e. The third kappa shape index (κ3) is 5.30. The molecular weight excluding hydrogens is 462 g/mol. The minimum Gasteiger partial charge on any atom is -0.467 e. The second kappa shape index (κ2) is 10.2. The number of fused-ring (bicyclic) bond motifs is 1. The third-order valence-corrected chi connectivity index (χ3v) is 7.03. The maximum atomic E-state index is 14.1. The summed E-state index contributed by atoms with van der Waals surface area (Å²) in [5, 5.41) is 14.0. The second-order valence-corrected chi connectivity index (χ2v) is 10.6. The van der Waals surface area contributed by atoms with Gasteiger partial charge in [-0.3, -0.25) is 9.78 Å². The Morgan fingerprint density at radius 2 is 1.86 bits per heavy atom. The molecule has 0 saturated heterocycles. The topological polar surface area (TPSA) is 78.6 Å². The number of furan rings is 1. The predicted molar refractivity (Wildman–Crippen MR) is 144 cm³/mol. The van der Waals surface area contributed by atoms with Crippen molar-refractivity contribution in [3.63, 3.8) is 0 Å². The van der Waals surface area contributed by atoms with Crippen molar-refractivity contribution in [2.24, 2.45) is 0 Å². The number of aromatic nitrogens is 1. The summed E-state index contributed by atoms with van der Waals surface area (Å²) >= 11 is 0. The van der Waals surface area contributed by atoms with Gasteiger partial charge >= 0.3 is 0 Å². The molecule has 5 rings (SSSR count). The van der Waals surface area contributed by atoms with Crippen LogP contribution in [0.25, 0.3) is 0 Å². The minimum atomic E-state index is -0.695. The fourth-order valence-corrected chi connectivity index (χ4v) is 5.05. The zero-order valence-corrected chi connectivity index (χ0v) is 21.5. The summed E-state index contributed by atoms with van der Waals surface area (Å²) in [7, 11) is 0. The van der Waals surface area contributed by atoms with Crippen LogP contribution in [0.1, 0.15) is 60.9 Å². The van der Waals surface area contributed by atoms with E-state index in [9.17, 15) is 9.90 Å². The standard InChI is InChI=1S/C31H33N3O3/c1-31(2,3)23-12-14-24(15-13-23)34(20-25-10-7-17-37-25)29(22-9-6-16-32-19-22)30(36)33-28-26-11-5-4-8-21(26)18-27(28)35/h4-17,19,27-29,35H,18,20H2,1-3H3,(H,33,36)/t27-,28+,29?/m0/s1. The van der Waals surface area contributed by atoms with E-state index in [2.05, 4.69) is 55.3 Å². The highest BCUT2D eigenvalue weighted by molar-refractivity contribution is 5.87. The van der Waals surface area contributed by atoms with Crippen LogP contribution >= 0.6 is 0 Å². The van der Waals surface area contributed by atoms with Gasteiger partial charge in [-0.15, -0.1) is 0 Å². The van der Waals surface area contributed by atoms with Gasteiger partial charge in [-0.05, 0) is 52.4 Å². The lowest BCUT2D eigenvalue weighted by atomic mass is 9.87. The highest BCUT2D eigenvalue weighted by Gasteiger charge is 2.36. The lowest BCUT2D eigenvalue weighted by Crippen LogP contribution is -2.43. The first-order valence-electron chi connectivity index (χ1n) is 12.7. The van der Waals surface area contributed by atoms with Crippen LogP contribution in [0.5, 0.6) is 0 Å². The molecule has 1 aliphatic carbocycles. The fourth-order valence-electron chi connectivity index (χ4n) is 5.05. The summed E-state index contributed by atoms with van der Waals surface area (Å²) in [6.45, 7) is 6.93. The molecule has 190 valence electrons. The van der Waals surface area contributed by atoms with Crippen LogP contribution in [-0.2, 0) is 23.2 Å². The molecule has 0 bridgehead atoms. The van der Waals surface area contributed by atoms with Crippen LogP contribution in [0.2, 0.25) is 0 Å². The van der Waals surface area contributed by atoms with E-state index >= 15 is 0 Å². The maximum absolute atomic E-state index is 14.1. The first-order valence-corrected chi connectivity index (χ1v) is 12.7. The number of aliphatic hydroxyl groups excluding tert-OH is 1. The van der Waals surface area contributed by atoms with Gasteiger partial charge in [-0.25, -0.2) is 0 Å². The summed E-state index contributed by atoms with van der Waals surface area (Å²) in [5.41, 5.74) is 4.88. The molecule has 4 aromatic rings. The Hall–Kier alpha value is -3.90. The number of hydrogen-bond donors (Lipinski definition) is 2. The quantitative estimate of drug-likeness (QED) is 0.354. The van der Waals surface area contributed by atoms with Gasteiger partial charge < -0.3 is 19.7 Å². The molecule has 6 nitrogen and oxygen atoms in total. The van der Waals surface area contributed by atoms with Crippen molar-refractivity contribution in [3.05, 3.63) is 119 Å². The molecule has 6 heteroatoms. The smallest absolute Gasteiger partial charge is 0.248 e. The highest BCUT2D eigenvalue weighted by atomic mass is 16.3. The lowest BCUT2D eigenvalue weighted by Gasteiger charge is -2.34. The van der Waals surface area contributed by atoms with Crippen LogP contribution in [0.4, 0.5) is 5.69 Å². The zero-order chi connectivity index (χ0) is 26.0. The summed E-state index contributed by atoms with van der Waals surface area (Å²) < 4.78 is 5.70. The molecule has 0 spiro atoms. The van der Waals surface area contributed by atoms with Crippen LogP contribution in [0.3, 0.4) is 0 Å². The van der Waals surface area contributed by atoms with Crippen molar-refractivity contribution in [3.8, 4) is 0 Å². The van der Waals surface area contributed by atoms with E-state index < -0.39 is 18.2 Å². The molecule has 2 heterocycles. The van der Waals surface area contributed by atoms with Gasteiger partial charge in [0.25, 0.3) is 0 Å². The molecule has 2 aromatic carbocycles. The van der Waals surface area contributed by atoms with Gasteiger partial charge in [0.15, 0.2) is 0 Å². The van der Waals surface area contributed by atoms with Crippen molar-refractivity contribution in [1.82, 2.24) is 10.3 Å². The van der Waals surface area contributed by atoms with E-state index in [4.69, 9.17) is 4.42 Å². The van der Waals surface area contributed by atoms with Crippen molar-refractivity contribution in [1.29, 1.82) is 0 Å². The first-order chi connectivity index (χ1) is 17.8. The van der Waals surface area contributed by atoms with Crippen LogP contribution < -0.4 is 10.2 Å². The Labute approximate surface area is 218 Å². The minimum absolute atomic E-state index is 0.0104. The Morgan fingerprint density at radius 1 is 1.08 bits per heavy atom. The first kappa shape index (κ1) is 24.8. The van der Waals surface area contributed by atoms with E-state index in [1.807, 2.05) is 53.4 Å². The molecule has 0 radical (unpaired) electrons. The Balaban J connectivity index is 1.54.